The quantitative estimate of drug-likeness (QED) is 0.670. The minimum absolute atomic E-state index is 0.461. The van der Waals surface area contributed by atoms with Crippen LogP contribution in [0.15, 0.2) is 61.1 Å². The third-order valence-electron chi connectivity index (χ3n) is 5.22. The molecular formula is C22H26N4O. The summed E-state index contributed by atoms with van der Waals surface area (Å²) < 4.78 is 7.62. The standard InChI is InChI=1S/C22H26N4O/c1-27-21-9-10-23-20(14-21)17-25-12-5-8-19(16-25)22-24-11-13-26(22)15-18-6-3-2-4-7-18/h2-4,6-7,9-11,13-14,19H,5,8,12,15-17H2,1H3. The molecule has 1 aromatic carbocycles. The van der Waals surface area contributed by atoms with E-state index in [0.29, 0.717) is 5.92 Å². The van der Waals surface area contributed by atoms with Crippen molar-refractivity contribution >= 4 is 0 Å². The van der Waals surface area contributed by atoms with Crippen molar-refractivity contribution in [2.24, 2.45) is 0 Å². The Morgan fingerprint density at radius 2 is 1.96 bits per heavy atom. The van der Waals surface area contributed by atoms with E-state index in [1.54, 1.807) is 7.11 Å². The van der Waals surface area contributed by atoms with E-state index in [4.69, 9.17) is 9.72 Å². The van der Waals surface area contributed by atoms with Crippen molar-refractivity contribution < 1.29 is 4.74 Å². The van der Waals surface area contributed by atoms with Crippen molar-refractivity contribution in [1.29, 1.82) is 0 Å². The fourth-order valence-electron chi connectivity index (χ4n) is 3.90. The van der Waals surface area contributed by atoms with E-state index in [2.05, 4.69) is 51.0 Å². The largest absolute Gasteiger partial charge is 0.497 e. The van der Waals surface area contributed by atoms with Gasteiger partial charge in [0.05, 0.1) is 12.8 Å². The van der Waals surface area contributed by atoms with Crippen LogP contribution in [-0.2, 0) is 13.1 Å². The first-order valence-corrected chi connectivity index (χ1v) is 9.58. The molecule has 0 amide bonds. The first kappa shape index (κ1) is 17.7. The number of hydrogen-bond donors (Lipinski definition) is 0. The van der Waals surface area contributed by atoms with E-state index in [1.165, 1.54) is 24.2 Å². The number of aromatic nitrogens is 3. The molecule has 140 valence electrons. The Bertz CT molecular complexity index is 862. The summed E-state index contributed by atoms with van der Waals surface area (Å²) in [6.07, 6.45) is 8.23. The number of ether oxygens (including phenoxy) is 1. The topological polar surface area (TPSA) is 43.2 Å². The molecule has 5 heteroatoms. The Morgan fingerprint density at radius 1 is 1.07 bits per heavy atom. The summed E-state index contributed by atoms with van der Waals surface area (Å²) in [7, 11) is 1.70. The fraction of sp³-hybridized carbons (Fsp3) is 0.364. The minimum atomic E-state index is 0.461. The van der Waals surface area contributed by atoms with Gasteiger partial charge in [-0.05, 0) is 31.0 Å². The van der Waals surface area contributed by atoms with Gasteiger partial charge in [0.15, 0.2) is 0 Å². The number of piperidine rings is 1. The summed E-state index contributed by atoms with van der Waals surface area (Å²) in [5.74, 6) is 2.53. The number of methoxy groups -OCH3 is 1. The second-order valence-electron chi connectivity index (χ2n) is 7.16. The number of hydrogen-bond acceptors (Lipinski definition) is 4. The van der Waals surface area contributed by atoms with Gasteiger partial charge in [-0.1, -0.05) is 30.3 Å². The third-order valence-corrected chi connectivity index (χ3v) is 5.22. The zero-order valence-electron chi connectivity index (χ0n) is 15.8. The SMILES string of the molecule is COc1ccnc(CN2CCCC(c3nccn3Cc3ccccc3)C2)c1. The molecule has 3 aromatic rings. The molecule has 3 heterocycles. The minimum Gasteiger partial charge on any atom is -0.497 e. The van der Waals surface area contributed by atoms with Crippen molar-refractivity contribution in [3.8, 4) is 5.75 Å². The monoisotopic (exact) mass is 362 g/mol. The van der Waals surface area contributed by atoms with Gasteiger partial charge in [0.1, 0.15) is 11.6 Å². The van der Waals surface area contributed by atoms with Gasteiger partial charge in [-0.25, -0.2) is 4.98 Å². The normalized spacial score (nSPS) is 17.7. The predicted molar refractivity (Wildman–Crippen MR) is 106 cm³/mol. The van der Waals surface area contributed by atoms with Gasteiger partial charge in [-0.2, -0.15) is 0 Å². The molecule has 0 aliphatic carbocycles. The summed E-state index contributed by atoms with van der Waals surface area (Å²) in [5.41, 5.74) is 2.37. The molecule has 1 atom stereocenters. The zero-order valence-corrected chi connectivity index (χ0v) is 15.8. The predicted octanol–water partition coefficient (Wildman–Crippen LogP) is 3.71. The first-order chi connectivity index (χ1) is 13.3. The Kier molecular flexibility index (Phi) is 5.49. The molecule has 2 aromatic heterocycles. The smallest absolute Gasteiger partial charge is 0.122 e. The van der Waals surface area contributed by atoms with Crippen molar-refractivity contribution in [1.82, 2.24) is 19.4 Å². The molecule has 1 fully saturated rings. The lowest BCUT2D eigenvalue weighted by atomic mass is 9.96. The highest BCUT2D eigenvalue weighted by atomic mass is 16.5. The molecule has 1 saturated heterocycles. The van der Waals surface area contributed by atoms with Crippen LogP contribution < -0.4 is 4.74 Å². The molecule has 0 N–H and O–H groups in total. The average molecular weight is 362 g/mol. The van der Waals surface area contributed by atoms with Crippen LogP contribution in [0.4, 0.5) is 0 Å². The van der Waals surface area contributed by atoms with Crippen LogP contribution in [0, 0.1) is 0 Å². The lowest BCUT2D eigenvalue weighted by molar-refractivity contribution is 0.192. The lowest BCUT2D eigenvalue weighted by Gasteiger charge is -2.32. The van der Waals surface area contributed by atoms with Gasteiger partial charge in [0.2, 0.25) is 0 Å². The second kappa shape index (κ2) is 8.35. The Balaban J connectivity index is 1.45. The van der Waals surface area contributed by atoms with Crippen molar-refractivity contribution in [3.63, 3.8) is 0 Å². The number of imidazole rings is 1. The molecule has 4 rings (SSSR count). The average Bonchev–Trinajstić information content (AvgIpc) is 3.17. The van der Waals surface area contributed by atoms with Crippen molar-refractivity contribution in [2.45, 2.75) is 31.8 Å². The summed E-state index contributed by atoms with van der Waals surface area (Å²) in [6.45, 7) is 3.86. The zero-order chi connectivity index (χ0) is 18.5. The van der Waals surface area contributed by atoms with Crippen LogP contribution in [-0.4, -0.2) is 39.6 Å². The first-order valence-electron chi connectivity index (χ1n) is 9.58. The second-order valence-corrected chi connectivity index (χ2v) is 7.16. The van der Waals surface area contributed by atoms with E-state index >= 15 is 0 Å². The Labute approximate surface area is 160 Å². The maximum atomic E-state index is 5.32. The van der Waals surface area contributed by atoms with E-state index < -0.39 is 0 Å². The van der Waals surface area contributed by atoms with Gasteiger partial charge in [0.25, 0.3) is 0 Å². The molecule has 1 aliphatic rings. The van der Waals surface area contributed by atoms with E-state index in [0.717, 1.165) is 37.6 Å². The molecule has 1 aliphatic heterocycles. The molecule has 27 heavy (non-hydrogen) atoms. The number of rotatable bonds is 6. The third kappa shape index (κ3) is 4.37. The maximum Gasteiger partial charge on any atom is 0.122 e. The summed E-state index contributed by atoms with van der Waals surface area (Å²) in [5, 5.41) is 0. The number of likely N-dealkylation sites (tertiary alicyclic amines) is 1. The highest BCUT2D eigenvalue weighted by Crippen LogP contribution is 2.27. The van der Waals surface area contributed by atoms with Crippen LogP contribution in [0.2, 0.25) is 0 Å². The number of benzene rings is 1. The molecule has 5 nitrogen and oxygen atoms in total. The highest BCUT2D eigenvalue weighted by Gasteiger charge is 2.25. The lowest BCUT2D eigenvalue weighted by Crippen LogP contribution is -2.35. The van der Waals surface area contributed by atoms with Crippen LogP contribution in [0.5, 0.6) is 5.75 Å². The van der Waals surface area contributed by atoms with E-state index in [1.807, 2.05) is 24.5 Å². The number of nitrogens with zero attached hydrogens (tertiary/aromatic N) is 4. The Morgan fingerprint density at radius 3 is 2.81 bits per heavy atom. The number of pyridine rings is 1. The van der Waals surface area contributed by atoms with Crippen LogP contribution in [0.3, 0.4) is 0 Å². The van der Waals surface area contributed by atoms with Gasteiger partial charge in [0, 0.05) is 50.2 Å². The van der Waals surface area contributed by atoms with Crippen LogP contribution in [0.1, 0.15) is 35.8 Å². The summed E-state index contributed by atoms with van der Waals surface area (Å²) >= 11 is 0. The molecule has 0 radical (unpaired) electrons. The van der Waals surface area contributed by atoms with Gasteiger partial charge >= 0.3 is 0 Å². The van der Waals surface area contributed by atoms with Gasteiger partial charge < -0.3 is 9.30 Å². The summed E-state index contributed by atoms with van der Waals surface area (Å²) in [6, 6.07) is 14.5. The molecule has 0 saturated carbocycles. The summed E-state index contributed by atoms with van der Waals surface area (Å²) in [4.78, 5) is 11.7. The highest BCUT2D eigenvalue weighted by molar-refractivity contribution is 5.22. The molecule has 0 spiro atoms. The van der Waals surface area contributed by atoms with E-state index in [-0.39, 0.29) is 0 Å². The fourth-order valence-corrected chi connectivity index (χ4v) is 3.90. The Hall–Kier alpha value is -2.66. The van der Waals surface area contributed by atoms with Crippen LogP contribution >= 0.6 is 0 Å². The van der Waals surface area contributed by atoms with Gasteiger partial charge in [-0.3, -0.25) is 9.88 Å². The van der Waals surface area contributed by atoms with E-state index in [9.17, 15) is 0 Å². The maximum absolute atomic E-state index is 5.32. The van der Waals surface area contributed by atoms with Crippen molar-refractivity contribution in [3.05, 3.63) is 78.1 Å². The van der Waals surface area contributed by atoms with Crippen molar-refractivity contribution in [2.75, 3.05) is 20.2 Å². The van der Waals surface area contributed by atoms with Gasteiger partial charge in [-0.15, -0.1) is 0 Å². The molecule has 0 bridgehead atoms. The molecule has 1 unspecified atom stereocenters. The van der Waals surface area contributed by atoms with Crippen LogP contribution in [0.25, 0.3) is 0 Å². The molecular weight excluding hydrogens is 336 g/mol.